The molecule has 0 aromatic heterocycles. The van der Waals surface area contributed by atoms with E-state index in [1.807, 2.05) is 19.2 Å². The molecular formula is C11H23N3O3. The van der Waals surface area contributed by atoms with Gasteiger partial charge in [-0.25, -0.2) is 4.79 Å². The van der Waals surface area contributed by atoms with Crippen molar-refractivity contribution in [3.05, 3.63) is 0 Å². The number of rotatable bonds is 6. The first-order valence-corrected chi connectivity index (χ1v) is 5.70. The number of hydrogen-bond donors (Lipinski definition) is 4. The molecule has 0 spiro atoms. The first kappa shape index (κ1) is 15.9. The number of nitrogens with two attached hydrogens (primary N) is 1. The lowest BCUT2D eigenvalue weighted by Gasteiger charge is -2.27. The monoisotopic (exact) mass is 245 g/mol. The van der Waals surface area contributed by atoms with Gasteiger partial charge in [0, 0.05) is 6.54 Å². The molecule has 2 atom stereocenters. The van der Waals surface area contributed by atoms with Gasteiger partial charge in [0.25, 0.3) is 0 Å². The molecule has 0 aliphatic carbocycles. The van der Waals surface area contributed by atoms with Crippen LogP contribution in [0.1, 0.15) is 34.1 Å². The van der Waals surface area contributed by atoms with Gasteiger partial charge in [0.2, 0.25) is 5.91 Å². The Morgan fingerprint density at radius 3 is 2.29 bits per heavy atom. The summed E-state index contributed by atoms with van der Waals surface area (Å²) >= 11 is 0. The second-order valence-electron chi connectivity index (χ2n) is 5.05. The van der Waals surface area contributed by atoms with Crippen molar-refractivity contribution in [2.75, 3.05) is 6.54 Å². The molecule has 100 valence electrons. The van der Waals surface area contributed by atoms with Crippen LogP contribution in [0.3, 0.4) is 0 Å². The first-order chi connectivity index (χ1) is 7.64. The minimum atomic E-state index is -0.880. The molecule has 0 heterocycles. The van der Waals surface area contributed by atoms with Crippen LogP contribution in [-0.4, -0.2) is 35.2 Å². The maximum Gasteiger partial charge on any atom is 0.318 e. The van der Waals surface area contributed by atoms with Gasteiger partial charge >= 0.3 is 6.03 Å². The lowest BCUT2D eigenvalue weighted by atomic mass is 9.94. The minimum absolute atomic E-state index is 0.276. The van der Waals surface area contributed by atoms with E-state index < -0.39 is 23.6 Å². The van der Waals surface area contributed by atoms with E-state index in [1.165, 1.54) is 0 Å². The van der Waals surface area contributed by atoms with Crippen molar-refractivity contribution in [2.45, 2.75) is 45.8 Å². The smallest absolute Gasteiger partial charge is 0.318 e. The molecule has 0 radical (unpaired) electrons. The van der Waals surface area contributed by atoms with Crippen molar-refractivity contribution in [3.8, 4) is 0 Å². The van der Waals surface area contributed by atoms with E-state index in [1.54, 1.807) is 13.8 Å². The lowest BCUT2D eigenvalue weighted by Crippen LogP contribution is -2.50. The number of carbonyl (C=O) groups excluding carboxylic acids is 2. The van der Waals surface area contributed by atoms with E-state index in [2.05, 4.69) is 5.32 Å². The second kappa shape index (κ2) is 6.56. The van der Waals surface area contributed by atoms with Crippen LogP contribution in [0, 0.1) is 5.92 Å². The van der Waals surface area contributed by atoms with Gasteiger partial charge in [-0.2, -0.15) is 0 Å². The maximum atomic E-state index is 11.3. The summed E-state index contributed by atoms with van der Waals surface area (Å²) in [6.45, 7) is 7.61. The third-order valence-electron chi connectivity index (χ3n) is 2.28. The Morgan fingerprint density at radius 2 is 1.88 bits per heavy atom. The Kier molecular flexibility index (Phi) is 6.12. The minimum Gasteiger partial charge on any atom is -0.389 e. The van der Waals surface area contributed by atoms with Crippen LogP contribution in [0.4, 0.5) is 4.79 Å². The van der Waals surface area contributed by atoms with Gasteiger partial charge in [-0.3, -0.25) is 10.1 Å². The molecule has 0 saturated carbocycles. The summed E-state index contributed by atoms with van der Waals surface area (Å²) in [5.41, 5.74) is 3.95. The molecule has 0 bridgehead atoms. The third-order valence-corrected chi connectivity index (χ3v) is 2.28. The van der Waals surface area contributed by atoms with Gasteiger partial charge < -0.3 is 16.2 Å². The lowest BCUT2D eigenvalue weighted by molar-refractivity contribution is -0.121. The van der Waals surface area contributed by atoms with Gasteiger partial charge in [-0.15, -0.1) is 0 Å². The van der Waals surface area contributed by atoms with Crippen LogP contribution < -0.4 is 16.4 Å². The van der Waals surface area contributed by atoms with Gasteiger partial charge in [-0.05, 0) is 26.2 Å². The van der Waals surface area contributed by atoms with Crippen molar-refractivity contribution in [2.24, 2.45) is 11.7 Å². The van der Waals surface area contributed by atoms with Crippen LogP contribution >= 0.6 is 0 Å². The average molecular weight is 245 g/mol. The normalized spacial score (nSPS) is 16.4. The average Bonchev–Trinajstić information content (AvgIpc) is 2.11. The molecule has 3 amide bonds. The zero-order valence-electron chi connectivity index (χ0n) is 10.9. The predicted molar refractivity (Wildman–Crippen MR) is 65.3 cm³/mol. The molecule has 0 aromatic rings. The van der Waals surface area contributed by atoms with Crippen molar-refractivity contribution in [1.82, 2.24) is 10.6 Å². The molecule has 6 heteroatoms. The standard InChI is InChI=1S/C11H23N3O3/c1-7(2)5-11(4,17)6-13-8(3)9(15)14-10(12)16/h7-8,13,17H,5-6H2,1-4H3,(H3,12,14,15,16). The van der Waals surface area contributed by atoms with Gasteiger partial charge in [0.1, 0.15) is 0 Å². The highest BCUT2D eigenvalue weighted by molar-refractivity contribution is 5.96. The van der Waals surface area contributed by atoms with Crippen LogP contribution in [0.5, 0.6) is 0 Å². The Balaban J connectivity index is 4.10. The highest BCUT2D eigenvalue weighted by Gasteiger charge is 2.24. The molecule has 0 fully saturated rings. The second-order valence-corrected chi connectivity index (χ2v) is 5.05. The van der Waals surface area contributed by atoms with E-state index in [9.17, 15) is 14.7 Å². The molecule has 6 nitrogen and oxygen atoms in total. The first-order valence-electron chi connectivity index (χ1n) is 5.70. The number of carbonyl (C=O) groups is 2. The number of urea groups is 1. The highest BCUT2D eigenvalue weighted by atomic mass is 16.3. The topological polar surface area (TPSA) is 104 Å². The van der Waals surface area contributed by atoms with Crippen LogP contribution in [0.25, 0.3) is 0 Å². The van der Waals surface area contributed by atoms with Crippen LogP contribution in [-0.2, 0) is 4.79 Å². The number of nitrogens with one attached hydrogen (secondary N) is 2. The fourth-order valence-corrected chi connectivity index (χ4v) is 1.65. The fraction of sp³-hybridized carbons (Fsp3) is 0.818. The van der Waals surface area contributed by atoms with E-state index in [4.69, 9.17) is 5.73 Å². The Morgan fingerprint density at radius 1 is 1.35 bits per heavy atom. The summed E-state index contributed by atoms with van der Waals surface area (Å²) in [6, 6.07) is -1.46. The number of hydrogen-bond acceptors (Lipinski definition) is 4. The summed E-state index contributed by atoms with van der Waals surface area (Å²) in [5.74, 6) is -0.139. The van der Waals surface area contributed by atoms with E-state index in [0.717, 1.165) is 0 Å². The van der Waals surface area contributed by atoms with Crippen molar-refractivity contribution in [1.29, 1.82) is 0 Å². The van der Waals surface area contributed by atoms with E-state index >= 15 is 0 Å². The maximum absolute atomic E-state index is 11.3. The molecular weight excluding hydrogens is 222 g/mol. The van der Waals surface area contributed by atoms with Gasteiger partial charge in [0.15, 0.2) is 0 Å². The molecule has 5 N–H and O–H groups in total. The molecule has 0 aliphatic heterocycles. The fourth-order valence-electron chi connectivity index (χ4n) is 1.65. The zero-order chi connectivity index (χ0) is 13.6. The third kappa shape index (κ3) is 7.70. The Labute approximate surface area is 102 Å². The quantitative estimate of drug-likeness (QED) is 0.527. The number of primary amides is 1. The summed E-state index contributed by atoms with van der Waals surface area (Å²) in [4.78, 5) is 21.8. The Hall–Kier alpha value is -1.14. The van der Waals surface area contributed by atoms with Crippen LogP contribution in [0.15, 0.2) is 0 Å². The number of amides is 3. The molecule has 2 unspecified atom stereocenters. The van der Waals surface area contributed by atoms with E-state index in [-0.39, 0.29) is 6.54 Å². The highest BCUT2D eigenvalue weighted by Crippen LogP contribution is 2.15. The molecule has 17 heavy (non-hydrogen) atoms. The summed E-state index contributed by atoms with van der Waals surface area (Å²) in [6.07, 6.45) is 0.629. The Bertz CT molecular complexity index is 277. The van der Waals surface area contributed by atoms with Crippen molar-refractivity contribution >= 4 is 11.9 Å². The van der Waals surface area contributed by atoms with Gasteiger partial charge in [0.05, 0.1) is 11.6 Å². The molecule has 0 rings (SSSR count). The zero-order valence-corrected chi connectivity index (χ0v) is 10.9. The van der Waals surface area contributed by atoms with Gasteiger partial charge in [-0.1, -0.05) is 13.8 Å². The molecule has 0 aliphatic rings. The van der Waals surface area contributed by atoms with E-state index in [0.29, 0.717) is 12.3 Å². The summed E-state index contributed by atoms with van der Waals surface area (Å²) in [5, 5.41) is 14.9. The predicted octanol–water partition coefficient (Wildman–Crippen LogP) is -0.0435. The molecule has 0 saturated heterocycles. The van der Waals surface area contributed by atoms with Crippen molar-refractivity contribution < 1.29 is 14.7 Å². The SMILES string of the molecule is CC(C)CC(C)(O)CNC(C)C(=O)NC(N)=O. The van der Waals surface area contributed by atoms with Crippen molar-refractivity contribution in [3.63, 3.8) is 0 Å². The number of imide groups is 1. The summed E-state index contributed by atoms with van der Waals surface area (Å²) in [7, 11) is 0. The summed E-state index contributed by atoms with van der Waals surface area (Å²) < 4.78 is 0. The largest absolute Gasteiger partial charge is 0.389 e. The molecule has 0 aromatic carbocycles. The van der Waals surface area contributed by atoms with Crippen LogP contribution in [0.2, 0.25) is 0 Å². The number of aliphatic hydroxyl groups is 1.